The Labute approximate surface area is 137 Å². The van der Waals surface area contributed by atoms with Gasteiger partial charge in [-0.15, -0.1) is 0 Å². The van der Waals surface area contributed by atoms with Crippen LogP contribution in [0.3, 0.4) is 0 Å². The quantitative estimate of drug-likeness (QED) is 0.839. The van der Waals surface area contributed by atoms with Gasteiger partial charge in [-0.1, -0.05) is 11.6 Å². The molecule has 0 atom stereocenters. The van der Waals surface area contributed by atoms with E-state index in [0.29, 0.717) is 22.0 Å². The molecule has 0 radical (unpaired) electrons. The van der Waals surface area contributed by atoms with Crippen molar-refractivity contribution in [2.24, 2.45) is 5.10 Å². The lowest BCUT2D eigenvalue weighted by molar-refractivity contribution is -0.155. The third-order valence-electron chi connectivity index (χ3n) is 3.46. The molecule has 2 aromatic carbocycles. The van der Waals surface area contributed by atoms with Gasteiger partial charge in [-0.3, -0.25) is 4.79 Å². The van der Waals surface area contributed by atoms with Gasteiger partial charge in [-0.05, 0) is 48.5 Å². The lowest BCUT2D eigenvalue weighted by Crippen LogP contribution is -2.46. The number of hydrazone groups is 1. The minimum atomic E-state index is -2.70. The molecule has 23 heavy (non-hydrogen) atoms. The zero-order chi connectivity index (χ0) is 16.6. The molecule has 0 spiro atoms. The van der Waals surface area contributed by atoms with Crippen LogP contribution in [-0.4, -0.2) is 34.7 Å². The highest BCUT2D eigenvalue weighted by Gasteiger charge is 2.49. The Balaban J connectivity index is 2.02. The van der Waals surface area contributed by atoms with Crippen molar-refractivity contribution in [3.05, 3.63) is 59.1 Å². The van der Waals surface area contributed by atoms with Gasteiger partial charge in [0.05, 0.1) is 12.8 Å². The highest BCUT2D eigenvalue weighted by atomic mass is 35.5. The van der Waals surface area contributed by atoms with Gasteiger partial charge >= 0.3 is 5.91 Å². The Morgan fingerprint density at radius 2 is 1.70 bits per heavy atom. The summed E-state index contributed by atoms with van der Waals surface area (Å²) < 4.78 is 5.05. The van der Waals surface area contributed by atoms with E-state index in [1.807, 2.05) is 0 Å². The molecule has 3 rings (SSSR count). The first kappa shape index (κ1) is 15.5. The van der Waals surface area contributed by atoms with Gasteiger partial charge in [0.2, 0.25) is 0 Å². The maximum absolute atomic E-state index is 12.3. The molecular formula is C16H13ClN2O4. The van der Waals surface area contributed by atoms with Crippen LogP contribution in [0, 0.1) is 0 Å². The number of carbonyl (C=O) groups excluding carboxylic acids is 1. The zero-order valence-corrected chi connectivity index (χ0v) is 12.9. The fourth-order valence-corrected chi connectivity index (χ4v) is 2.36. The van der Waals surface area contributed by atoms with Crippen LogP contribution in [0.25, 0.3) is 0 Å². The van der Waals surface area contributed by atoms with E-state index in [-0.39, 0.29) is 5.71 Å². The van der Waals surface area contributed by atoms with Gasteiger partial charge < -0.3 is 14.9 Å². The van der Waals surface area contributed by atoms with Gasteiger partial charge in [-0.2, -0.15) is 10.1 Å². The van der Waals surface area contributed by atoms with Crippen LogP contribution in [-0.2, 0) is 4.79 Å². The number of carbonyl (C=O) groups is 1. The molecule has 0 aromatic heterocycles. The second-order valence-electron chi connectivity index (χ2n) is 4.94. The number of nitrogens with zero attached hydrogens (tertiary/aromatic N) is 2. The Kier molecular flexibility index (Phi) is 3.81. The van der Waals surface area contributed by atoms with E-state index in [1.165, 1.54) is 7.11 Å². The molecule has 0 saturated carbocycles. The number of rotatable bonds is 3. The summed E-state index contributed by atoms with van der Waals surface area (Å²) in [5.41, 5.74) is 0.635. The Morgan fingerprint density at radius 1 is 1.09 bits per heavy atom. The monoisotopic (exact) mass is 332 g/mol. The zero-order valence-electron chi connectivity index (χ0n) is 12.1. The van der Waals surface area contributed by atoms with Crippen molar-refractivity contribution in [2.45, 2.75) is 5.79 Å². The van der Waals surface area contributed by atoms with Gasteiger partial charge in [0, 0.05) is 10.6 Å². The van der Waals surface area contributed by atoms with Crippen LogP contribution in [0.15, 0.2) is 53.6 Å². The van der Waals surface area contributed by atoms with Crippen LogP contribution in [0.5, 0.6) is 5.75 Å². The summed E-state index contributed by atoms with van der Waals surface area (Å²) in [6.07, 6.45) is 0. The van der Waals surface area contributed by atoms with Crippen LogP contribution < -0.4 is 9.75 Å². The molecule has 0 unspecified atom stereocenters. The predicted octanol–water partition coefficient (Wildman–Crippen LogP) is 1.78. The lowest BCUT2D eigenvalue weighted by Gasteiger charge is -2.17. The number of halogens is 1. The van der Waals surface area contributed by atoms with Gasteiger partial charge in [0.25, 0.3) is 5.79 Å². The molecule has 1 heterocycles. The molecule has 7 heteroatoms. The molecule has 1 aliphatic heterocycles. The number of aliphatic hydroxyl groups is 2. The van der Waals surface area contributed by atoms with E-state index in [1.54, 1.807) is 48.5 Å². The van der Waals surface area contributed by atoms with Crippen molar-refractivity contribution < 1.29 is 19.7 Å². The summed E-state index contributed by atoms with van der Waals surface area (Å²) >= 11 is 5.81. The molecule has 0 bridgehead atoms. The molecule has 0 saturated heterocycles. The van der Waals surface area contributed by atoms with Crippen molar-refractivity contribution >= 4 is 28.9 Å². The van der Waals surface area contributed by atoms with Gasteiger partial charge in [-0.25, -0.2) is 0 Å². The second kappa shape index (κ2) is 5.66. The first-order valence-electron chi connectivity index (χ1n) is 6.72. The van der Waals surface area contributed by atoms with E-state index in [2.05, 4.69) is 5.10 Å². The lowest BCUT2D eigenvalue weighted by atomic mass is 10.0. The molecule has 2 aromatic rings. The third kappa shape index (κ3) is 2.68. The molecule has 118 valence electrons. The number of ether oxygens (including phenoxy) is 1. The van der Waals surface area contributed by atoms with Crippen LogP contribution in [0.1, 0.15) is 5.56 Å². The maximum Gasteiger partial charge on any atom is 0.314 e. The highest BCUT2D eigenvalue weighted by molar-refractivity contribution is 6.30. The summed E-state index contributed by atoms with van der Waals surface area (Å²) in [5.74, 6) is -3.05. The number of anilines is 1. The SMILES string of the molecule is COc1ccc(C2=NN(c3ccc(Cl)cc3)C(=O)C2(O)O)cc1. The molecule has 6 nitrogen and oxygen atoms in total. The van der Waals surface area contributed by atoms with E-state index >= 15 is 0 Å². The minimum absolute atomic E-state index is 0.153. The maximum atomic E-state index is 12.3. The second-order valence-corrected chi connectivity index (χ2v) is 5.38. The number of hydrogen-bond donors (Lipinski definition) is 2. The van der Waals surface area contributed by atoms with Crippen molar-refractivity contribution in [3.8, 4) is 5.75 Å². The summed E-state index contributed by atoms with van der Waals surface area (Å²) in [7, 11) is 1.52. The van der Waals surface area contributed by atoms with Gasteiger partial charge in [0.1, 0.15) is 11.5 Å². The van der Waals surface area contributed by atoms with Gasteiger partial charge in [0.15, 0.2) is 0 Å². The Bertz CT molecular complexity index is 770. The van der Waals surface area contributed by atoms with Crippen LogP contribution in [0.4, 0.5) is 5.69 Å². The molecule has 1 aliphatic rings. The molecule has 2 N–H and O–H groups in total. The largest absolute Gasteiger partial charge is 0.497 e. The van der Waals surface area contributed by atoms with E-state index in [0.717, 1.165) is 5.01 Å². The fraction of sp³-hybridized carbons (Fsp3) is 0.125. The van der Waals surface area contributed by atoms with Crippen LogP contribution in [0.2, 0.25) is 5.02 Å². The summed E-state index contributed by atoms with van der Waals surface area (Å²) in [5, 5.41) is 25.8. The predicted molar refractivity (Wildman–Crippen MR) is 85.6 cm³/mol. The summed E-state index contributed by atoms with van der Waals surface area (Å²) in [6.45, 7) is 0. The fourth-order valence-electron chi connectivity index (χ4n) is 2.23. The van der Waals surface area contributed by atoms with E-state index in [9.17, 15) is 15.0 Å². The number of amides is 1. The molecular weight excluding hydrogens is 320 g/mol. The average molecular weight is 333 g/mol. The normalized spacial score (nSPS) is 16.4. The minimum Gasteiger partial charge on any atom is -0.497 e. The van der Waals surface area contributed by atoms with Crippen molar-refractivity contribution in [1.82, 2.24) is 0 Å². The number of methoxy groups -OCH3 is 1. The third-order valence-corrected chi connectivity index (χ3v) is 3.71. The summed E-state index contributed by atoms with van der Waals surface area (Å²) in [6, 6.07) is 12.8. The Morgan fingerprint density at radius 3 is 2.26 bits per heavy atom. The highest BCUT2D eigenvalue weighted by Crippen LogP contribution is 2.29. The average Bonchev–Trinajstić information content (AvgIpc) is 2.79. The molecule has 0 fully saturated rings. The molecule has 1 amide bonds. The first-order valence-corrected chi connectivity index (χ1v) is 7.09. The van der Waals surface area contributed by atoms with Crippen molar-refractivity contribution in [2.75, 3.05) is 12.1 Å². The number of benzene rings is 2. The van der Waals surface area contributed by atoms with E-state index < -0.39 is 11.7 Å². The van der Waals surface area contributed by atoms with E-state index in [4.69, 9.17) is 16.3 Å². The topological polar surface area (TPSA) is 82.4 Å². The van der Waals surface area contributed by atoms with Crippen molar-refractivity contribution in [3.63, 3.8) is 0 Å². The molecule has 0 aliphatic carbocycles. The standard InChI is InChI=1S/C16H13ClN2O4/c1-23-13-8-2-10(3-9-13)14-16(21,22)15(20)19(18-14)12-6-4-11(17)5-7-12/h2-9,21-22H,1H3. The smallest absolute Gasteiger partial charge is 0.314 e. The summed E-state index contributed by atoms with van der Waals surface area (Å²) in [4.78, 5) is 12.3. The van der Waals surface area contributed by atoms with Crippen LogP contribution >= 0.6 is 11.6 Å². The van der Waals surface area contributed by atoms with Crippen molar-refractivity contribution in [1.29, 1.82) is 0 Å². The number of hydrogen-bond acceptors (Lipinski definition) is 5. The Hall–Kier alpha value is -2.41. The first-order chi connectivity index (χ1) is 10.9.